The number of nitrogens with zero attached hydrogens (tertiary/aromatic N) is 1. The van der Waals surface area contributed by atoms with Crippen LogP contribution in [0, 0.1) is 5.82 Å². The molecule has 1 aromatic carbocycles. The quantitative estimate of drug-likeness (QED) is 0.815. The second kappa shape index (κ2) is 6.29. The number of alkyl halides is 3. The van der Waals surface area contributed by atoms with Crippen molar-refractivity contribution in [2.75, 3.05) is 6.54 Å². The van der Waals surface area contributed by atoms with E-state index in [9.17, 15) is 17.6 Å². The largest absolute Gasteiger partial charge is 0.434 e. The zero-order valence-electron chi connectivity index (χ0n) is 10.9. The van der Waals surface area contributed by atoms with Crippen LogP contribution in [-0.4, -0.2) is 11.5 Å². The Hall–Kier alpha value is -1.18. The lowest BCUT2D eigenvalue weighted by Crippen LogP contribution is -2.15. The van der Waals surface area contributed by atoms with E-state index < -0.39 is 17.7 Å². The van der Waals surface area contributed by atoms with E-state index in [1.807, 2.05) is 0 Å². The fourth-order valence-corrected chi connectivity index (χ4v) is 3.11. The van der Waals surface area contributed by atoms with Crippen molar-refractivity contribution in [1.29, 1.82) is 0 Å². The average molecular weight is 339 g/mol. The second-order valence-electron chi connectivity index (χ2n) is 4.19. The van der Waals surface area contributed by atoms with Crippen molar-refractivity contribution in [2.24, 2.45) is 0 Å². The minimum absolute atomic E-state index is 0.0347. The number of nitrogens with one attached hydrogen (secondary N) is 1. The lowest BCUT2D eigenvalue weighted by atomic mass is 10.2. The maximum absolute atomic E-state index is 13.0. The molecule has 0 saturated carbocycles. The van der Waals surface area contributed by atoms with E-state index in [0.717, 1.165) is 23.5 Å². The van der Waals surface area contributed by atoms with Gasteiger partial charge >= 0.3 is 6.18 Å². The van der Waals surface area contributed by atoms with Gasteiger partial charge in [0.15, 0.2) is 5.69 Å². The highest BCUT2D eigenvalue weighted by Crippen LogP contribution is 2.39. The first kappa shape index (κ1) is 16.2. The number of benzene rings is 1. The van der Waals surface area contributed by atoms with Gasteiger partial charge in [-0.25, -0.2) is 9.37 Å². The van der Waals surface area contributed by atoms with Crippen LogP contribution in [0.15, 0.2) is 18.2 Å². The summed E-state index contributed by atoms with van der Waals surface area (Å²) in [5.74, 6) is -0.552. The first-order valence-corrected chi connectivity index (χ1v) is 7.25. The Labute approximate surface area is 127 Å². The third kappa shape index (κ3) is 3.72. The molecule has 2 nitrogen and oxygen atoms in total. The third-order valence-electron chi connectivity index (χ3n) is 2.66. The molecule has 0 unspecified atom stereocenters. The van der Waals surface area contributed by atoms with Crippen molar-refractivity contribution >= 4 is 22.9 Å². The number of hydrogen-bond acceptors (Lipinski definition) is 3. The van der Waals surface area contributed by atoms with Gasteiger partial charge in [0, 0.05) is 12.1 Å². The fourth-order valence-electron chi connectivity index (χ4n) is 1.71. The Morgan fingerprint density at radius 1 is 1.33 bits per heavy atom. The summed E-state index contributed by atoms with van der Waals surface area (Å²) in [5, 5.41) is 3.00. The smallest absolute Gasteiger partial charge is 0.312 e. The summed E-state index contributed by atoms with van der Waals surface area (Å²) >= 11 is 6.77. The first-order chi connectivity index (χ1) is 9.82. The van der Waals surface area contributed by atoms with Crippen LogP contribution < -0.4 is 5.32 Å². The van der Waals surface area contributed by atoms with E-state index in [1.165, 1.54) is 6.07 Å². The minimum atomic E-state index is -4.54. The Kier molecular flexibility index (Phi) is 4.85. The molecule has 0 bridgehead atoms. The van der Waals surface area contributed by atoms with E-state index in [2.05, 4.69) is 10.3 Å². The molecule has 2 rings (SSSR count). The van der Waals surface area contributed by atoms with Gasteiger partial charge in [-0.1, -0.05) is 18.5 Å². The van der Waals surface area contributed by atoms with Crippen LogP contribution in [0.4, 0.5) is 17.6 Å². The lowest BCUT2D eigenvalue weighted by Gasteiger charge is -2.05. The van der Waals surface area contributed by atoms with Crippen molar-refractivity contribution in [3.8, 4) is 10.6 Å². The summed E-state index contributed by atoms with van der Waals surface area (Å²) in [5.41, 5.74) is -0.639. The van der Waals surface area contributed by atoms with E-state index in [-0.39, 0.29) is 27.0 Å². The highest BCUT2D eigenvalue weighted by molar-refractivity contribution is 7.15. The van der Waals surface area contributed by atoms with Crippen molar-refractivity contribution < 1.29 is 17.6 Å². The Morgan fingerprint density at radius 3 is 2.62 bits per heavy atom. The number of halogens is 5. The van der Waals surface area contributed by atoms with E-state index in [0.29, 0.717) is 6.54 Å². The van der Waals surface area contributed by atoms with Crippen molar-refractivity contribution in [3.05, 3.63) is 39.6 Å². The van der Waals surface area contributed by atoms with Gasteiger partial charge in [-0.15, -0.1) is 11.3 Å². The topological polar surface area (TPSA) is 24.9 Å². The highest BCUT2D eigenvalue weighted by atomic mass is 35.5. The Balaban J connectivity index is 2.47. The van der Waals surface area contributed by atoms with Crippen LogP contribution in [0.2, 0.25) is 5.02 Å². The van der Waals surface area contributed by atoms with Gasteiger partial charge < -0.3 is 5.32 Å². The summed E-state index contributed by atoms with van der Waals surface area (Å²) in [7, 11) is 0. The fraction of sp³-hybridized carbons (Fsp3) is 0.308. The normalized spacial score (nSPS) is 11.9. The Bertz CT molecular complexity index is 640. The summed E-state index contributed by atoms with van der Waals surface area (Å²) in [6.07, 6.45) is -4.54. The van der Waals surface area contributed by atoms with Crippen molar-refractivity contribution in [1.82, 2.24) is 10.3 Å². The molecule has 0 radical (unpaired) electrons. The number of rotatable bonds is 4. The third-order valence-corrected chi connectivity index (χ3v) is 4.06. The van der Waals surface area contributed by atoms with E-state index >= 15 is 0 Å². The van der Waals surface area contributed by atoms with Gasteiger partial charge in [-0.05, 0) is 24.7 Å². The molecule has 0 amide bonds. The van der Waals surface area contributed by atoms with Gasteiger partial charge in [-0.3, -0.25) is 0 Å². The van der Waals surface area contributed by atoms with Crippen LogP contribution in [0.3, 0.4) is 0 Å². The lowest BCUT2D eigenvalue weighted by molar-refractivity contribution is -0.141. The average Bonchev–Trinajstić information content (AvgIpc) is 2.80. The molecule has 0 atom stereocenters. The highest BCUT2D eigenvalue weighted by Gasteiger charge is 2.37. The number of aromatic nitrogens is 1. The summed E-state index contributed by atoms with van der Waals surface area (Å²) in [6, 6.07) is 3.52. The van der Waals surface area contributed by atoms with Crippen LogP contribution in [0.1, 0.15) is 17.5 Å². The molecule has 0 spiro atoms. The first-order valence-electron chi connectivity index (χ1n) is 6.06. The van der Waals surface area contributed by atoms with Crippen molar-refractivity contribution in [3.63, 3.8) is 0 Å². The zero-order chi connectivity index (χ0) is 15.6. The van der Waals surface area contributed by atoms with Gasteiger partial charge in [0.1, 0.15) is 10.8 Å². The van der Waals surface area contributed by atoms with E-state index in [1.54, 1.807) is 6.92 Å². The van der Waals surface area contributed by atoms with Crippen LogP contribution in [-0.2, 0) is 12.7 Å². The van der Waals surface area contributed by atoms with Crippen molar-refractivity contribution in [2.45, 2.75) is 19.6 Å². The van der Waals surface area contributed by atoms with Gasteiger partial charge in [-0.2, -0.15) is 13.2 Å². The molecule has 21 heavy (non-hydrogen) atoms. The number of hydrogen-bond donors (Lipinski definition) is 1. The second-order valence-corrected chi connectivity index (χ2v) is 5.68. The van der Waals surface area contributed by atoms with Crippen LogP contribution in [0.25, 0.3) is 10.6 Å². The molecular weight excluding hydrogens is 328 g/mol. The molecular formula is C13H11ClF4N2S. The molecule has 1 N–H and O–H groups in total. The molecule has 0 fully saturated rings. The Morgan fingerprint density at radius 2 is 2.05 bits per heavy atom. The van der Waals surface area contributed by atoms with E-state index in [4.69, 9.17) is 11.6 Å². The molecule has 8 heteroatoms. The molecule has 1 aromatic heterocycles. The molecule has 2 aromatic rings. The SMILES string of the molecule is CCNCc1sc(-c2ccc(F)cc2Cl)nc1C(F)(F)F. The predicted octanol–water partition coefficient (Wildman–Crippen LogP) is 4.73. The summed E-state index contributed by atoms with van der Waals surface area (Å²) in [6.45, 7) is 2.41. The molecule has 1 heterocycles. The molecule has 0 aliphatic heterocycles. The summed E-state index contributed by atoms with van der Waals surface area (Å²) < 4.78 is 52.0. The minimum Gasteiger partial charge on any atom is -0.312 e. The van der Waals surface area contributed by atoms with Gasteiger partial charge in [0.25, 0.3) is 0 Å². The molecule has 0 aliphatic rings. The molecule has 0 saturated heterocycles. The van der Waals surface area contributed by atoms with Gasteiger partial charge in [0.2, 0.25) is 0 Å². The predicted molar refractivity (Wildman–Crippen MR) is 74.9 cm³/mol. The maximum atomic E-state index is 13.0. The summed E-state index contributed by atoms with van der Waals surface area (Å²) in [4.78, 5) is 3.72. The number of thiazole rings is 1. The van der Waals surface area contributed by atoms with Crippen LogP contribution >= 0.6 is 22.9 Å². The monoisotopic (exact) mass is 338 g/mol. The van der Waals surface area contributed by atoms with Gasteiger partial charge in [0.05, 0.1) is 9.90 Å². The molecule has 114 valence electrons. The standard InChI is InChI=1S/C13H11ClF4N2S/c1-2-19-6-10-11(13(16,17)18)20-12(21-10)8-4-3-7(15)5-9(8)14/h3-5,19H,2,6H2,1H3. The molecule has 0 aliphatic carbocycles. The maximum Gasteiger partial charge on any atom is 0.434 e. The van der Waals surface area contributed by atoms with Crippen LogP contribution in [0.5, 0.6) is 0 Å². The zero-order valence-corrected chi connectivity index (χ0v) is 12.5.